The number of rotatable bonds is 1. The van der Waals surface area contributed by atoms with E-state index in [1.54, 1.807) is 0 Å². The third-order valence-electron chi connectivity index (χ3n) is 1.93. The summed E-state index contributed by atoms with van der Waals surface area (Å²) in [7, 11) is 0. The summed E-state index contributed by atoms with van der Waals surface area (Å²) in [5, 5.41) is 0. The fourth-order valence-corrected chi connectivity index (χ4v) is 1.34. The lowest BCUT2D eigenvalue weighted by Crippen LogP contribution is -1.87. The molecule has 0 amide bonds. The molecule has 60 valence electrons. The Hall–Kier alpha value is -0.780. The molecule has 0 heteroatoms. The second-order valence-electron chi connectivity index (χ2n) is 3.52. The first-order valence-electron chi connectivity index (χ1n) is 4.19. The Morgan fingerprint density at radius 1 is 1.09 bits per heavy atom. The molecule has 0 aromatic heterocycles. The highest BCUT2D eigenvalue weighted by Gasteiger charge is 2.07. The van der Waals surface area contributed by atoms with Crippen LogP contribution < -0.4 is 0 Å². The van der Waals surface area contributed by atoms with Gasteiger partial charge in [-0.25, -0.2) is 0 Å². The van der Waals surface area contributed by atoms with E-state index in [-0.39, 0.29) is 0 Å². The summed E-state index contributed by atoms with van der Waals surface area (Å²) >= 11 is 0. The standard InChI is InChI=1S/C11H16/c1-8(2)7-11-9(3)5-6-10(11)4/h5-8H,1-4H3. The Balaban J connectivity index is 2.88. The van der Waals surface area contributed by atoms with Crippen molar-refractivity contribution in [1.82, 2.24) is 0 Å². The topological polar surface area (TPSA) is 0 Å². The van der Waals surface area contributed by atoms with Crippen LogP contribution in [-0.4, -0.2) is 0 Å². The van der Waals surface area contributed by atoms with E-state index in [0.717, 1.165) is 0 Å². The summed E-state index contributed by atoms with van der Waals surface area (Å²) in [4.78, 5) is 0. The van der Waals surface area contributed by atoms with Crippen molar-refractivity contribution in [2.45, 2.75) is 27.7 Å². The Kier molecular flexibility index (Phi) is 2.33. The van der Waals surface area contributed by atoms with Crippen LogP contribution in [0.25, 0.3) is 0 Å². The molecule has 0 unspecified atom stereocenters. The van der Waals surface area contributed by atoms with Gasteiger partial charge in [0.15, 0.2) is 0 Å². The molecule has 0 radical (unpaired) electrons. The average molecular weight is 148 g/mol. The van der Waals surface area contributed by atoms with Crippen LogP contribution in [0.5, 0.6) is 0 Å². The number of hydrogen-bond donors (Lipinski definition) is 0. The predicted octanol–water partition coefficient (Wildman–Crippen LogP) is 3.48. The molecule has 1 aliphatic carbocycles. The summed E-state index contributed by atoms with van der Waals surface area (Å²) in [6.07, 6.45) is 6.69. The fraction of sp³-hybridized carbons (Fsp3) is 0.455. The van der Waals surface area contributed by atoms with Crippen molar-refractivity contribution in [1.29, 1.82) is 0 Å². The SMILES string of the molecule is CC1=CC=C(C)C1=CC(C)C. The predicted molar refractivity (Wildman–Crippen MR) is 50.4 cm³/mol. The zero-order chi connectivity index (χ0) is 8.43. The third-order valence-corrected chi connectivity index (χ3v) is 1.93. The molecule has 0 aromatic rings. The Morgan fingerprint density at radius 2 is 1.55 bits per heavy atom. The lowest BCUT2D eigenvalue weighted by molar-refractivity contribution is 0.825. The van der Waals surface area contributed by atoms with Crippen LogP contribution in [0.1, 0.15) is 27.7 Å². The van der Waals surface area contributed by atoms with E-state index in [1.165, 1.54) is 16.7 Å². The van der Waals surface area contributed by atoms with Gasteiger partial charge in [0.1, 0.15) is 0 Å². The molecule has 1 rings (SSSR count). The van der Waals surface area contributed by atoms with Crippen molar-refractivity contribution < 1.29 is 0 Å². The van der Waals surface area contributed by atoms with Crippen molar-refractivity contribution in [2.24, 2.45) is 5.92 Å². The molecular weight excluding hydrogens is 132 g/mol. The van der Waals surface area contributed by atoms with Gasteiger partial charge in [-0.2, -0.15) is 0 Å². The van der Waals surface area contributed by atoms with Crippen molar-refractivity contribution in [2.75, 3.05) is 0 Å². The zero-order valence-corrected chi connectivity index (χ0v) is 7.81. The van der Waals surface area contributed by atoms with Crippen LogP contribution in [-0.2, 0) is 0 Å². The lowest BCUT2D eigenvalue weighted by atomic mass is 10.0. The highest BCUT2D eigenvalue weighted by molar-refractivity contribution is 5.53. The minimum Gasteiger partial charge on any atom is -0.0742 e. The van der Waals surface area contributed by atoms with E-state index >= 15 is 0 Å². The molecule has 0 aliphatic heterocycles. The van der Waals surface area contributed by atoms with Gasteiger partial charge in [0.05, 0.1) is 0 Å². The first kappa shape index (κ1) is 8.32. The molecule has 11 heavy (non-hydrogen) atoms. The van der Waals surface area contributed by atoms with Crippen LogP contribution in [0.15, 0.2) is 34.9 Å². The molecule has 0 aromatic carbocycles. The molecule has 0 nitrogen and oxygen atoms in total. The fourth-order valence-electron chi connectivity index (χ4n) is 1.34. The smallest absolute Gasteiger partial charge is 0.0235 e. The molecule has 0 spiro atoms. The summed E-state index contributed by atoms with van der Waals surface area (Å²) in [5.41, 5.74) is 4.23. The Labute approximate surface area is 69.3 Å². The normalized spacial score (nSPS) is 17.0. The van der Waals surface area contributed by atoms with Gasteiger partial charge >= 0.3 is 0 Å². The van der Waals surface area contributed by atoms with Crippen LogP contribution in [0.2, 0.25) is 0 Å². The summed E-state index contributed by atoms with van der Waals surface area (Å²) in [6.45, 7) is 8.76. The second kappa shape index (κ2) is 3.08. The van der Waals surface area contributed by atoms with Crippen molar-refractivity contribution in [3.8, 4) is 0 Å². The van der Waals surface area contributed by atoms with E-state index in [1.807, 2.05) is 0 Å². The molecule has 0 saturated carbocycles. The van der Waals surface area contributed by atoms with Gasteiger partial charge in [0.2, 0.25) is 0 Å². The molecule has 0 N–H and O–H groups in total. The van der Waals surface area contributed by atoms with E-state index in [0.29, 0.717) is 5.92 Å². The molecule has 0 fully saturated rings. The van der Waals surface area contributed by atoms with Gasteiger partial charge in [0, 0.05) is 0 Å². The van der Waals surface area contributed by atoms with Crippen molar-refractivity contribution in [3.05, 3.63) is 34.9 Å². The maximum absolute atomic E-state index is 2.32. The monoisotopic (exact) mass is 148 g/mol. The minimum absolute atomic E-state index is 0.648. The molecular formula is C11H16. The third kappa shape index (κ3) is 1.83. The van der Waals surface area contributed by atoms with Crippen LogP contribution in [0, 0.1) is 5.92 Å². The molecule has 0 bridgehead atoms. The number of hydrogen-bond acceptors (Lipinski definition) is 0. The van der Waals surface area contributed by atoms with Gasteiger partial charge in [-0.3, -0.25) is 0 Å². The van der Waals surface area contributed by atoms with Crippen molar-refractivity contribution >= 4 is 0 Å². The van der Waals surface area contributed by atoms with Crippen LogP contribution >= 0.6 is 0 Å². The summed E-state index contributed by atoms with van der Waals surface area (Å²) in [6, 6.07) is 0. The first-order chi connectivity index (χ1) is 5.11. The lowest BCUT2D eigenvalue weighted by Gasteiger charge is -2.04. The second-order valence-corrected chi connectivity index (χ2v) is 3.52. The van der Waals surface area contributed by atoms with Gasteiger partial charge in [-0.05, 0) is 36.5 Å². The van der Waals surface area contributed by atoms with Crippen LogP contribution in [0.4, 0.5) is 0 Å². The highest BCUT2D eigenvalue weighted by Crippen LogP contribution is 2.26. The summed E-state index contributed by atoms with van der Waals surface area (Å²) < 4.78 is 0. The Morgan fingerprint density at radius 3 is 1.91 bits per heavy atom. The largest absolute Gasteiger partial charge is 0.0742 e. The minimum atomic E-state index is 0.648. The highest BCUT2D eigenvalue weighted by atomic mass is 14.1. The van der Waals surface area contributed by atoms with E-state index in [9.17, 15) is 0 Å². The van der Waals surface area contributed by atoms with Gasteiger partial charge in [0.25, 0.3) is 0 Å². The van der Waals surface area contributed by atoms with Gasteiger partial charge in [-0.1, -0.05) is 32.1 Å². The maximum Gasteiger partial charge on any atom is -0.0235 e. The van der Waals surface area contributed by atoms with Gasteiger partial charge < -0.3 is 0 Å². The maximum atomic E-state index is 2.32. The Bertz CT molecular complexity index is 217. The summed E-state index contributed by atoms with van der Waals surface area (Å²) in [5.74, 6) is 0.648. The van der Waals surface area contributed by atoms with E-state index in [4.69, 9.17) is 0 Å². The molecule has 1 aliphatic rings. The van der Waals surface area contributed by atoms with E-state index < -0.39 is 0 Å². The van der Waals surface area contributed by atoms with Gasteiger partial charge in [-0.15, -0.1) is 0 Å². The molecule has 0 heterocycles. The van der Waals surface area contributed by atoms with Crippen molar-refractivity contribution in [3.63, 3.8) is 0 Å². The number of allylic oxidation sites excluding steroid dienone is 6. The van der Waals surface area contributed by atoms with Crippen LogP contribution in [0.3, 0.4) is 0 Å². The molecule has 0 atom stereocenters. The first-order valence-corrected chi connectivity index (χ1v) is 4.19. The molecule has 0 saturated heterocycles. The average Bonchev–Trinajstić information content (AvgIpc) is 2.18. The van der Waals surface area contributed by atoms with E-state index in [2.05, 4.69) is 45.9 Å². The quantitative estimate of drug-likeness (QED) is 0.534. The zero-order valence-electron chi connectivity index (χ0n) is 7.81.